The van der Waals surface area contributed by atoms with Crippen molar-refractivity contribution in [3.63, 3.8) is 0 Å². The molecule has 1 unspecified atom stereocenters. The molecule has 5 heteroatoms. The molecule has 0 aromatic heterocycles. The van der Waals surface area contributed by atoms with E-state index in [1.54, 1.807) is 13.2 Å². The lowest BCUT2D eigenvalue weighted by molar-refractivity contribution is 0.0343. The SMILES string of the molecule is COc1cccc(CNC(C)CN2CCOCC2)c1O. The highest BCUT2D eigenvalue weighted by Gasteiger charge is 2.14. The van der Waals surface area contributed by atoms with Gasteiger partial charge < -0.3 is 19.9 Å². The molecule has 1 saturated heterocycles. The van der Waals surface area contributed by atoms with E-state index < -0.39 is 0 Å². The molecular weight excluding hydrogens is 256 g/mol. The number of methoxy groups -OCH3 is 1. The third-order valence-corrected chi connectivity index (χ3v) is 3.58. The molecule has 1 heterocycles. The van der Waals surface area contributed by atoms with E-state index >= 15 is 0 Å². The molecule has 0 aliphatic carbocycles. The zero-order chi connectivity index (χ0) is 14.4. The van der Waals surface area contributed by atoms with Crippen molar-refractivity contribution in [3.05, 3.63) is 23.8 Å². The van der Waals surface area contributed by atoms with Crippen LogP contribution in [0.1, 0.15) is 12.5 Å². The summed E-state index contributed by atoms with van der Waals surface area (Å²) in [5.41, 5.74) is 0.859. The number of aromatic hydroxyl groups is 1. The zero-order valence-corrected chi connectivity index (χ0v) is 12.3. The molecule has 2 rings (SSSR count). The minimum atomic E-state index is 0.223. The maximum absolute atomic E-state index is 10.0. The molecule has 0 saturated carbocycles. The molecule has 0 bridgehead atoms. The predicted molar refractivity (Wildman–Crippen MR) is 78.2 cm³/mol. The van der Waals surface area contributed by atoms with Crippen LogP contribution in [0.5, 0.6) is 11.5 Å². The molecule has 0 radical (unpaired) electrons. The first-order valence-electron chi connectivity index (χ1n) is 7.09. The van der Waals surface area contributed by atoms with E-state index in [9.17, 15) is 5.11 Å². The Morgan fingerprint density at radius 3 is 2.85 bits per heavy atom. The molecule has 1 fully saturated rings. The second-order valence-electron chi connectivity index (χ2n) is 5.16. The summed E-state index contributed by atoms with van der Waals surface area (Å²) in [6.07, 6.45) is 0. The number of para-hydroxylation sites is 1. The molecule has 20 heavy (non-hydrogen) atoms. The number of rotatable bonds is 6. The molecule has 1 aromatic carbocycles. The highest BCUT2D eigenvalue weighted by atomic mass is 16.5. The van der Waals surface area contributed by atoms with Crippen LogP contribution in [0.15, 0.2) is 18.2 Å². The lowest BCUT2D eigenvalue weighted by atomic mass is 10.1. The highest BCUT2D eigenvalue weighted by molar-refractivity contribution is 5.45. The quantitative estimate of drug-likeness (QED) is 0.820. The number of phenolic OH excluding ortho intramolecular Hbond substituents is 1. The largest absolute Gasteiger partial charge is 0.504 e. The number of morpholine rings is 1. The van der Waals surface area contributed by atoms with Crippen LogP contribution >= 0.6 is 0 Å². The minimum Gasteiger partial charge on any atom is -0.504 e. The van der Waals surface area contributed by atoms with Gasteiger partial charge in [0.25, 0.3) is 0 Å². The first kappa shape index (κ1) is 15.1. The summed E-state index contributed by atoms with van der Waals surface area (Å²) < 4.78 is 10.5. The van der Waals surface area contributed by atoms with Gasteiger partial charge in [0.1, 0.15) is 0 Å². The lowest BCUT2D eigenvalue weighted by Crippen LogP contribution is -2.44. The molecule has 1 aliphatic heterocycles. The number of ether oxygens (including phenoxy) is 2. The Labute approximate surface area is 120 Å². The molecule has 2 N–H and O–H groups in total. The fourth-order valence-corrected chi connectivity index (χ4v) is 2.39. The minimum absolute atomic E-state index is 0.223. The topological polar surface area (TPSA) is 54.0 Å². The number of hydrogen-bond acceptors (Lipinski definition) is 5. The summed E-state index contributed by atoms with van der Waals surface area (Å²) in [7, 11) is 1.56. The van der Waals surface area contributed by atoms with Gasteiger partial charge in [-0.15, -0.1) is 0 Å². The third-order valence-electron chi connectivity index (χ3n) is 3.58. The van der Waals surface area contributed by atoms with E-state index in [1.807, 2.05) is 12.1 Å². The van der Waals surface area contributed by atoms with Gasteiger partial charge >= 0.3 is 0 Å². The number of nitrogens with one attached hydrogen (secondary N) is 1. The van der Waals surface area contributed by atoms with Gasteiger partial charge in [-0.05, 0) is 13.0 Å². The van der Waals surface area contributed by atoms with E-state index in [0.717, 1.165) is 38.4 Å². The van der Waals surface area contributed by atoms with Crippen LogP contribution in [0, 0.1) is 0 Å². The number of nitrogens with zero attached hydrogens (tertiary/aromatic N) is 1. The Morgan fingerprint density at radius 1 is 1.40 bits per heavy atom. The van der Waals surface area contributed by atoms with Gasteiger partial charge in [0.05, 0.1) is 20.3 Å². The van der Waals surface area contributed by atoms with Crippen LogP contribution in [0.4, 0.5) is 0 Å². The van der Waals surface area contributed by atoms with Gasteiger partial charge in [0.15, 0.2) is 11.5 Å². The summed E-state index contributed by atoms with van der Waals surface area (Å²) in [4.78, 5) is 2.40. The van der Waals surface area contributed by atoms with Crippen molar-refractivity contribution in [2.24, 2.45) is 0 Å². The molecule has 1 aromatic rings. The van der Waals surface area contributed by atoms with E-state index in [0.29, 0.717) is 18.3 Å². The molecule has 1 aliphatic rings. The smallest absolute Gasteiger partial charge is 0.162 e. The number of benzene rings is 1. The second-order valence-corrected chi connectivity index (χ2v) is 5.16. The van der Waals surface area contributed by atoms with Crippen LogP contribution in [0.2, 0.25) is 0 Å². The summed E-state index contributed by atoms with van der Waals surface area (Å²) in [6, 6.07) is 5.92. The highest BCUT2D eigenvalue weighted by Crippen LogP contribution is 2.29. The monoisotopic (exact) mass is 280 g/mol. The molecule has 0 spiro atoms. The van der Waals surface area contributed by atoms with Gasteiger partial charge in [-0.3, -0.25) is 4.90 Å². The van der Waals surface area contributed by atoms with Crippen molar-refractivity contribution in [1.82, 2.24) is 10.2 Å². The summed E-state index contributed by atoms with van der Waals surface area (Å²) >= 11 is 0. The average Bonchev–Trinajstić information content (AvgIpc) is 2.47. The lowest BCUT2D eigenvalue weighted by Gasteiger charge is -2.29. The Balaban J connectivity index is 1.82. The number of hydrogen-bond donors (Lipinski definition) is 2. The standard InChI is InChI=1S/C15H24N2O3/c1-12(11-17-6-8-20-9-7-17)16-10-13-4-3-5-14(19-2)15(13)18/h3-5,12,16,18H,6-11H2,1-2H3. The van der Waals surface area contributed by atoms with Crippen LogP contribution in [-0.4, -0.2) is 56.0 Å². The summed E-state index contributed by atoms with van der Waals surface area (Å²) in [6.45, 7) is 7.43. The fraction of sp³-hybridized carbons (Fsp3) is 0.600. The van der Waals surface area contributed by atoms with Gasteiger partial charge in [-0.1, -0.05) is 12.1 Å². The van der Waals surface area contributed by atoms with E-state index in [4.69, 9.17) is 9.47 Å². The third kappa shape index (κ3) is 4.10. The van der Waals surface area contributed by atoms with Crippen LogP contribution in [0.25, 0.3) is 0 Å². The van der Waals surface area contributed by atoms with E-state index in [2.05, 4.69) is 17.1 Å². The van der Waals surface area contributed by atoms with Crippen molar-refractivity contribution in [2.75, 3.05) is 40.0 Å². The van der Waals surface area contributed by atoms with E-state index in [1.165, 1.54) is 0 Å². The van der Waals surface area contributed by atoms with Crippen LogP contribution < -0.4 is 10.1 Å². The maximum atomic E-state index is 10.0. The maximum Gasteiger partial charge on any atom is 0.162 e. The first-order chi connectivity index (χ1) is 9.70. The van der Waals surface area contributed by atoms with Crippen LogP contribution in [-0.2, 0) is 11.3 Å². The Bertz CT molecular complexity index is 420. The van der Waals surface area contributed by atoms with Gasteiger partial charge in [0.2, 0.25) is 0 Å². The molecule has 1 atom stereocenters. The Morgan fingerprint density at radius 2 is 2.15 bits per heavy atom. The van der Waals surface area contributed by atoms with Crippen molar-refractivity contribution in [2.45, 2.75) is 19.5 Å². The molecule has 0 amide bonds. The van der Waals surface area contributed by atoms with Crippen LogP contribution in [0.3, 0.4) is 0 Å². The molecule has 112 valence electrons. The fourth-order valence-electron chi connectivity index (χ4n) is 2.39. The van der Waals surface area contributed by atoms with Crippen molar-refractivity contribution in [3.8, 4) is 11.5 Å². The van der Waals surface area contributed by atoms with Crippen molar-refractivity contribution < 1.29 is 14.6 Å². The van der Waals surface area contributed by atoms with Gasteiger partial charge in [0, 0.05) is 37.8 Å². The van der Waals surface area contributed by atoms with Crippen molar-refractivity contribution in [1.29, 1.82) is 0 Å². The second kappa shape index (κ2) is 7.47. The zero-order valence-electron chi connectivity index (χ0n) is 12.3. The van der Waals surface area contributed by atoms with Crippen molar-refractivity contribution >= 4 is 0 Å². The molecular formula is C15H24N2O3. The Kier molecular flexibility index (Phi) is 5.64. The number of phenols is 1. The Hall–Kier alpha value is -1.30. The average molecular weight is 280 g/mol. The summed E-state index contributed by atoms with van der Waals surface area (Å²) in [5, 5.41) is 13.5. The predicted octanol–water partition coefficient (Wildman–Crippen LogP) is 1.21. The molecule has 5 nitrogen and oxygen atoms in total. The van der Waals surface area contributed by atoms with E-state index in [-0.39, 0.29) is 5.75 Å². The first-order valence-corrected chi connectivity index (χ1v) is 7.09. The normalized spacial score (nSPS) is 17.9. The van der Waals surface area contributed by atoms with Gasteiger partial charge in [-0.25, -0.2) is 0 Å². The summed E-state index contributed by atoms with van der Waals surface area (Å²) in [5.74, 6) is 0.742. The van der Waals surface area contributed by atoms with Gasteiger partial charge in [-0.2, -0.15) is 0 Å².